The molecule has 1 fully saturated rings. The van der Waals surface area contributed by atoms with E-state index in [9.17, 15) is 4.79 Å². The molecule has 0 bridgehead atoms. The Morgan fingerprint density at radius 2 is 2.07 bits per heavy atom. The Morgan fingerprint density at radius 3 is 2.78 bits per heavy atom. The number of carbonyl (C=O) groups excluding carboxylic acids is 1. The maximum absolute atomic E-state index is 12.3. The zero-order valence-corrected chi connectivity index (χ0v) is 17.2. The van der Waals surface area contributed by atoms with Crippen LogP contribution >= 0.6 is 11.3 Å². The molecule has 1 aliphatic heterocycles. The van der Waals surface area contributed by atoms with Crippen molar-refractivity contribution in [3.05, 3.63) is 16.3 Å². The summed E-state index contributed by atoms with van der Waals surface area (Å²) in [6.45, 7) is 11.1. The minimum absolute atomic E-state index is 0.285. The molecule has 0 saturated carbocycles. The molecule has 3 heterocycles. The Hall–Kier alpha value is -1.77. The van der Waals surface area contributed by atoms with Gasteiger partial charge in [-0.1, -0.05) is 13.3 Å². The average Bonchev–Trinajstić information content (AvgIpc) is 3.00. The molecule has 27 heavy (non-hydrogen) atoms. The lowest BCUT2D eigenvalue weighted by atomic mass is 10.2. The molecule has 0 aromatic carbocycles. The summed E-state index contributed by atoms with van der Waals surface area (Å²) >= 11 is 1.39. The molecule has 7 nitrogen and oxygen atoms in total. The van der Waals surface area contributed by atoms with Gasteiger partial charge in [-0.2, -0.15) is 0 Å². The number of hydrogen-bond acceptors (Lipinski definition) is 8. The fraction of sp³-hybridized carbons (Fsp3) is 0.632. The van der Waals surface area contributed by atoms with Gasteiger partial charge in [0.05, 0.1) is 31.8 Å². The molecule has 0 aliphatic carbocycles. The molecule has 1 aliphatic rings. The molecule has 1 saturated heterocycles. The molecular weight excluding hydrogens is 364 g/mol. The molecule has 0 amide bonds. The lowest BCUT2D eigenvalue weighted by Crippen LogP contribution is -2.36. The molecule has 3 rings (SSSR count). The first-order valence-electron chi connectivity index (χ1n) is 9.65. The van der Waals surface area contributed by atoms with Crippen LogP contribution in [0, 0.1) is 6.92 Å². The monoisotopic (exact) mass is 392 g/mol. The fourth-order valence-electron chi connectivity index (χ4n) is 3.12. The number of nitrogens with zero attached hydrogens (tertiary/aromatic N) is 3. The van der Waals surface area contributed by atoms with E-state index in [0.29, 0.717) is 18.0 Å². The number of rotatable bonds is 8. The van der Waals surface area contributed by atoms with Crippen molar-refractivity contribution in [3.8, 4) is 0 Å². The summed E-state index contributed by atoms with van der Waals surface area (Å²) < 4.78 is 10.6. The maximum atomic E-state index is 12.3. The molecule has 2 aromatic heterocycles. The molecule has 2 aromatic rings. The van der Waals surface area contributed by atoms with Crippen molar-refractivity contribution >= 4 is 33.3 Å². The first kappa shape index (κ1) is 20.0. The van der Waals surface area contributed by atoms with Crippen molar-refractivity contribution in [1.82, 2.24) is 14.9 Å². The Labute approximate surface area is 164 Å². The summed E-state index contributed by atoms with van der Waals surface area (Å²) in [5, 5.41) is 4.39. The molecule has 0 unspecified atom stereocenters. The van der Waals surface area contributed by atoms with Crippen LogP contribution in [0.5, 0.6) is 0 Å². The number of hydrogen-bond donors (Lipinski definition) is 1. The van der Waals surface area contributed by atoms with Crippen molar-refractivity contribution in [2.24, 2.45) is 0 Å². The van der Waals surface area contributed by atoms with Crippen LogP contribution in [0.25, 0.3) is 10.2 Å². The Balaban J connectivity index is 1.95. The second-order valence-electron chi connectivity index (χ2n) is 6.61. The minimum atomic E-state index is -0.285. The van der Waals surface area contributed by atoms with Gasteiger partial charge in [-0.05, 0) is 25.8 Å². The number of thiophene rings is 1. The van der Waals surface area contributed by atoms with Gasteiger partial charge in [0.2, 0.25) is 0 Å². The zero-order chi connectivity index (χ0) is 19.2. The number of esters is 1. The molecular formula is C19H28N4O3S. The summed E-state index contributed by atoms with van der Waals surface area (Å²) in [4.78, 5) is 25.6. The van der Waals surface area contributed by atoms with Crippen LogP contribution in [0.4, 0.5) is 5.82 Å². The Kier molecular flexibility index (Phi) is 6.98. The topological polar surface area (TPSA) is 76.6 Å². The average molecular weight is 393 g/mol. The number of fused-ring (bicyclic) bond motifs is 1. The van der Waals surface area contributed by atoms with E-state index in [1.165, 1.54) is 11.3 Å². The van der Waals surface area contributed by atoms with Crippen molar-refractivity contribution < 1.29 is 14.3 Å². The number of aryl methyl sites for hydroxylation is 1. The third-order valence-electron chi connectivity index (χ3n) is 4.59. The fourth-order valence-corrected chi connectivity index (χ4v) is 4.21. The van der Waals surface area contributed by atoms with Gasteiger partial charge in [-0.3, -0.25) is 4.90 Å². The summed E-state index contributed by atoms with van der Waals surface area (Å²) in [6.07, 6.45) is 2.18. The predicted octanol–water partition coefficient (Wildman–Crippen LogP) is 3.22. The SMILES string of the molecule is CCCCNc1nc(CN2CCOCC2)nc2sc(C(=O)OCC)c(C)c12. The largest absolute Gasteiger partial charge is 0.462 e. The van der Waals surface area contributed by atoms with Crippen LogP contribution in [0.1, 0.15) is 47.7 Å². The van der Waals surface area contributed by atoms with E-state index in [0.717, 1.165) is 73.1 Å². The van der Waals surface area contributed by atoms with Crippen LogP contribution in [0.15, 0.2) is 0 Å². The van der Waals surface area contributed by atoms with Gasteiger partial charge < -0.3 is 14.8 Å². The van der Waals surface area contributed by atoms with Gasteiger partial charge in [-0.25, -0.2) is 14.8 Å². The van der Waals surface area contributed by atoms with E-state index < -0.39 is 0 Å². The highest BCUT2D eigenvalue weighted by Gasteiger charge is 2.22. The number of nitrogens with one attached hydrogen (secondary N) is 1. The van der Waals surface area contributed by atoms with Crippen LogP contribution in [0.3, 0.4) is 0 Å². The molecule has 1 N–H and O–H groups in total. The Bertz CT molecular complexity index is 787. The van der Waals surface area contributed by atoms with Crippen molar-refractivity contribution in [3.63, 3.8) is 0 Å². The lowest BCUT2D eigenvalue weighted by Gasteiger charge is -2.25. The number of morpholine rings is 1. The van der Waals surface area contributed by atoms with Gasteiger partial charge in [0.25, 0.3) is 0 Å². The number of unbranched alkanes of at least 4 members (excludes halogenated alkanes) is 1. The molecule has 8 heteroatoms. The Morgan fingerprint density at radius 1 is 1.30 bits per heavy atom. The minimum Gasteiger partial charge on any atom is -0.462 e. The van der Waals surface area contributed by atoms with Crippen molar-refractivity contribution in [2.45, 2.75) is 40.2 Å². The quantitative estimate of drug-likeness (QED) is 0.546. The highest BCUT2D eigenvalue weighted by atomic mass is 32.1. The van der Waals surface area contributed by atoms with Gasteiger partial charge >= 0.3 is 5.97 Å². The zero-order valence-electron chi connectivity index (χ0n) is 16.3. The highest BCUT2D eigenvalue weighted by Crippen LogP contribution is 2.34. The van der Waals surface area contributed by atoms with Crippen LogP contribution < -0.4 is 5.32 Å². The summed E-state index contributed by atoms with van der Waals surface area (Å²) in [5.41, 5.74) is 0.894. The number of ether oxygens (including phenoxy) is 2. The van der Waals surface area contributed by atoms with Crippen molar-refractivity contribution in [2.75, 3.05) is 44.8 Å². The van der Waals surface area contributed by atoms with Gasteiger partial charge in [0.1, 0.15) is 21.3 Å². The maximum Gasteiger partial charge on any atom is 0.348 e. The summed E-state index contributed by atoms with van der Waals surface area (Å²) in [7, 11) is 0. The lowest BCUT2D eigenvalue weighted by molar-refractivity contribution is 0.0331. The van der Waals surface area contributed by atoms with Crippen LogP contribution in [0.2, 0.25) is 0 Å². The second kappa shape index (κ2) is 9.43. The van der Waals surface area contributed by atoms with E-state index in [1.54, 1.807) is 0 Å². The number of aromatic nitrogens is 2. The van der Waals surface area contributed by atoms with E-state index >= 15 is 0 Å². The molecule has 0 atom stereocenters. The number of carbonyl (C=O) groups is 1. The summed E-state index contributed by atoms with van der Waals surface area (Å²) in [6, 6.07) is 0. The highest BCUT2D eigenvalue weighted by molar-refractivity contribution is 7.20. The van der Waals surface area contributed by atoms with Gasteiger partial charge in [-0.15, -0.1) is 11.3 Å². The van der Waals surface area contributed by atoms with Crippen molar-refractivity contribution in [1.29, 1.82) is 0 Å². The first-order chi connectivity index (χ1) is 13.1. The molecule has 0 radical (unpaired) electrons. The van der Waals surface area contributed by atoms with Gasteiger partial charge in [0.15, 0.2) is 0 Å². The van der Waals surface area contributed by atoms with E-state index in [2.05, 4.69) is 17.1 Å². The predicted molar refractivity (Wildman–Crippen MR) is 108 cm³/mol. The third kappa shape index (κ3) is 4.75. The smallest absolute Gasteiger partial charge is 0.348 e. The van der Waals surface area contributed by atoms with Gasteiger partial charge in [0, 0.05) is 19.6 Å². The van der Waals surface area contributed by atoms with Crippen LogP contribution in [-0.4, -0.2) is 60.3 Å². The molecule has 148 valence electrons. The van der Waals surface area contributed by atoms with E-state index in [4.69, 9.17) is 19.4 Å². The standard InChI is InChI=1S/C19H28N4O3S/c1-4-6-7-20-17-15-13(3)16(19(24)26-5-2)27-18(15)22-14(21-17)12-23-8-10-25-11-9-23/h4-12H2,1-3H3,(H,20,21,22). The first-order valence-corrected chi connectivity index (χ1v) is 10.5. The molecule has 0 spiro atoms. The van der Waals surface area contributed by atoms with E-state index in [1.807, 2.05) is 13.8 Å². The number of anilines is 1. The second-order valence-corrected chi connectivity index (χ2v) is 7.61. The summed E-state index contributed by atoms with van der Waals surface area (Å²) in [5.74, 6) is 1.31. The van der Waals surface area contributed by atoms with E-state index in [-0.39, 0.29) is 5.97 Å². The third-order valence-corrected chi connectivity index (χ3v) is 5.75. The van der Waals surface area contributed by atoms with Crippen LogP contribution in [-0.2, 0) is 16.0 Å². The normalized spacial score (nSPS) is 15.2.